The Morgan fingerprint density at radius 2 is 2.17 bits per heavy atom. The number of ether oxygens (including phenoxy) is 1. The number of nitrogens with one attached hydrogen (secondary N) is 1. The number of hydrogen-bond donors (Lipinski definition) is 1. The summed E-state index contributed by atoms with van der Waals surface area (Å²) in [5.41, 5.74) is 1.74. The Balaban J connectivity index is 2.28. The van der Waals surface area contributed by atoms with Crippen LogP contribution < -0.4 is 5.32 Å². The molecule has 0 atom stereocenters. The lowest BCUT2D eigenvalue weighted by molar-refractivity contribution is -0.114. The second-order valence-corrected chi connectivity index (χ2v) is 6.47. The minimum Gasteiger partial charge on any atom is -0.479 e. The Morgan fingerprint density at radius 3 is 2.83 bits per heavy atom. The number of carbonyl (C=O) groups is 1. The number of rotatable bonds is 3. The summed E-state index contributed by atoms with van der Waals surface area (Å²) in [5, 5.41) is 3.23. The fraction of sp³-hybridized carbons (Fsp3) is 0.308. The highest BCUT2D eigenvalue weighted by atomic mass is 127. The Bertz CT molecular complexity index is 512. The van der Waals surface area contributed by atoms with Crippen LogP contribution >= 0.6 is 45.2 Å². The number of halogens is 2. The molecule has 3 nitrogen and oxygen atoms in total. The molecule has 0 aliphatic carbocycles. The summed E-state index contributed by atoms with van der Waals surface area (Å²) in [6.45, 7) is 2.25. The summed E-state index contributed by atoms with van der Waals surface area (Å²) in [6.07, 6.45) is 1.70. The van der Waals surface area contributed by atoms with Crippen molar-refractivity contribution >= 4 is 56.7 Å². The predicted octanol–water partition coefficient (Wildman–Crippen LogP) is 3.92. The average molecular weight is 469 g/mol. The van der Waals surface area contributed by atoms with E-state index < -0.39 is 0 Å². The molecule has 0 spiro atoms. The Labute approximate surface area is 134 Å². The molecule has 0 saturated heterocycles. The first-order chi connectivity index (χ1) is 8.58. The van der Waals surface area contributed by atoms with E-state index in [-0.39, 0.29) is 5.78 Å². The van der Waals surface area contributed by atoms with E-state index in [1.807, 2.05) is 12.1 Å². The van der Waals surface area contributed by atoms with Crippen molar-refractivity contribution in [2.45, 2.75) is 19.8 Å². The average Bonchev–Trinajstić information content (AvgIpc) is 2.33. The van der Waals surface area contributed by atoms with Gasteiger partial charge in [-0.1, -0.05) is 0 Å². The number of carbonyl (C=O) groups excluding carboxylic acids is 1. The number of Topliss-reactive ketones (excluding diaryl/α,β-unsaturated/α-hetero) is 1. The van der Waals surface area contributed by atoms with Gasteiger partial charge in [-0.15, -0.1) is 0 Å². The molecule has 18 heavy (non-hydrogen) atoms. The maximum atomic E-state index is 11.6. The third-order valence-corrected chi connectivity index (χ3v) is 4.26. The molecule has 96 valence electrons. The van der Waals surface area contributed by atoms with Crippen LogP contribution in [0.3, 0.4) is 0 Å². The van der Waals surface area contributed by atoms with E-state index in [2.05, 4.69) is 56.6 Å². The van der Waals surface area contributed by atoms with Crippen LogP contribution in [0.25, 0.3) is 0 Å². The molecule has 1 aliphatic heterocycles. The fourth-order valence-electron chi connectivity index (χ4n) is 1.78. The highest BCUT2D eigenvalue weighted by Gasteiger charge is 2.18. The highest BCUT2D eigenvalue weighted by molar-refractivity contribution is 14.1. The van der Waals surface area contributed by atoms with Gasteiger partial charge in [0.05, 0.1) is 17.9 Å². The highest BCUT2D eigenvalue weighted by Crippen LogP contribution is 2.26. The SMILES string of the molecule is CC(=O)C1=C(Nc2ccc(I)cc2I)OCCC1. The van der Waals surface area contributed by atoms with Gasteiger partial charge in [-0.2, -0.15) is 0 Å². The van der Waals surface area contributed by atoms with Gasteiger partial charge in [0.1, 0.15) is 0 Å². The molecule has 1 aliphatic rings. The number of benzene rings is 1. The van der Waals surface area contributed by atoms with Crippen molar-refractivity contribution < 1.29 is 9.53 Å². The first-order valence-corrected chi connectivity index (χ1v) is 7.82. The summed E-state index contributed by atoms with van der Waals surface area (Å²) in [4.78, 5) is 11.6. The summed E-state index contributed by atoms with van der Waals surface area (Å²) < 4.78 is 7.89. The molecule has 0 aromatic heterocycles. The lowest BCUT2D eigenvalue weighted by Crippen LogP contribution is -2.17. The molecule has 0 radical (unpaired) electrons. The molecular weight excluding hydrogens is 456 g/mol. The van der Waals surface area contributed by atoms with Gasteiger partial charge in [-0.05, 0) is 83.1 Å². The number of allylic oxidation sites excluding steroid dienone is 1. The molecule has 0 fully saturated rings. The summed E-state index contributed by atoms with van der Waals surface area (Å²) in [7, 11) is 0. The van der Waals surface area contributed by atoms with Crippen LogP contribution in [0.1, 0.15) is 19.8 Å². The topological polar surface area (TPSA) is 38.3 Å². The van der Waals surface area contributed by atoms with E-state index >= 15 is 0 Å². The molecule has 1 heterocycles. The molecule has 0 unspecified atom stereocenters. The van der Waals surface area contributed by atoms with Crippen LogP contribution in [0, 0.1) is 7.14 Å². The molecule has 1 aromatic rings. The van der Waals surface area contributed by atoms with Gasteiger partial charge in [-0.25, -0.2) is 0 Å². The first kappa shape index (κ1) is 14.1. The minimum absolute atomic E-state index is 0.0812. The van der Waals surface area contributed by atoms with Crippen LogP contribution in [0.15, 0.2) is 29.7 Å². The molecule has 0 saturated carbocycles. The Hall–Kier alpha value is -0.310. The van der Waals surface area contributed by atoms with E-state index in [0.717, 1.165) is 27.7 Å². The predicted molar refractivity (Wildman–Crippen MR) is 88.4 cm³/mol. The zero-order chi connectivity index (χ0) is 13.1. The standard InChI is InChI=1S/C13H13I2NO2/c1-8(17)10-3-2-6-18-13(10)16-12-5-4-9(14)7-11(12)15/h4-5,7,16H,2-3,6H2,1H3. The van der Waals surface area contributed by atoms with Crippen molar-refractivity contribution in [3.05, 3.63) is 36.8 Å². The zero-order valence-corrected chi connectivity index (χ0v) is 14.2. The van der Waals surface area contributed by atoms with E-state index in [0.29, 0.717) is 12.5 Å². The van der Waals surface area contributed by atoms with Gasteiger partial charge >= 0.3 is 0 Å². The monoisotopic (exact) mass is 469 g/mol. The zero-order valence-electron chi connectivity index (χ0n) is 9.93. The van der Waals surface area contributed by atoms with Gasteiger partial charge in [0.2, 0.25) is 0 Å². The smallest absolute Gasteiger partial charge is 0.198 e. The lowest BCUT2D eigenvalue weighted by atomic mass is 10.1. The molecule has 0 bridgehead atoms. The van der Waals surface area contributed by atoms with Crippen molar-refractivity contribution in [1.82, 2.24) is 0 Å². The van der Waals surface area contributed by atoms with Crippen LogP contribution in [0.5, 0.6) is 0 Å². The lowest BCUT2D eigenvalue weighted by Gasteiger charge is -2.21. The van der Waals surface area contributed by atoms with Crippen molar-refractivity contribution in [3.8, 4) is 0 Å². The van der Waals surface area contributed by atoms with Gasteiger partial charge in [0.25, 0.3) is 0 Å². The van der Waals surface area contributed by atoms with Crippen LogP contribution in [0.2, 0.25) is 0 Å². The Morgan fingerprint density at radius 1 is 1.39 bits per heavy atom. The first-order valence-electron chi connectivity index (χ1n) is 5.67. The number of ketones is 1. The number of anilines is 1. The fourth-order valence-corrected chi connectivity index (χ4v) is 3.52. The van der Waals surface area contributed by atoms with Gasteiger partial charge in [-0.3, -0.25) is 4.79 Å². The molecule has 1 aromatic carbocycles. The second kappa shape index (κ2) is 6.23. The second-order valence-electron chi connectivity index (χ2n) is 4.07. The van der Waals surface area contributed by atoms with Crippen molar-refractivity contribution in [1.29, 1.82) is 0 Å². The molecule has 2 rings (SSSR count). The molecular formula is C13H13I2NO2. The van der Waals surface area contributed by atoms with E-state index in [9.17, 15) is 4.79 Å². The third-order valence-electron chi connectivity index (χ3n) is 2.70. The Kier molecular flexibility index (Phi) is 4.88. The van der Waals surface area contributed by atoms with Crippen LogP contribution in [-0.2, 0) is 9.53 Å². The van der Waals surface area contributed by atoms with Crippen molar-refractivity contribution in [3.63, 3.8) is 0 Å². The maximum Gasteiger partial charge on any atom is 0.198 e. The van der Waals surface area contributed by atoms with Crippen molar-refractivity contribution in [2.75, 3.05) is 11.9 Å². The molecule has 5 heteroatoms. The summed E-state index contributed by atoms with van der Waals surface area (Å²) >= 11 is 4.55. The van der Waals surface area contributed by atoms with E-state index in [1.165, 1.54) is 3.57 Å². The summed E-state index contributed by atoms with van der Waals surface area (Å²) in [6, 6.07) is 6.12. The van der Waals surface area contributed by atoms with Crippen molar-refractivity contribution in [2.24, 2.45) is 0 Å². The minimum atomic E-state index is 0.0812. The molecule has 1 N–H and O–H groups in total. The third kappa shape index (κ3) is 3.37. The van der Waals surface area contributed by atoms with Gasteiger partial charge in [0.15, 0.2) is 11.7 Å². The van der Waals surface area contributed by atoms with Gasteiger partial charge < -0.3 is 10.1 Å². The van der Waals surface area contributed by atoms with E-state index in [4.69, 9.17) is 4.74 Å². The summed E-state index contributed by atoms with van der Waals surface area (Å²) in [5.74, 6) is 0.700. The maximum absolute atomic E-state index is 11.6. The molecule has 0 amide bonds. The largest absolute Gasteiger partial charge is 0.479 e. The van der Waals surface area contributed by atoms with Crippen LogP contribution in [-0.4, -0.2) is 12.4 Å². The van der Waals surface area contributed by atoms with E-state index in [1.54, 1.807) is 6.92 Å². The number of hydrogen-bond acceptors (Lipinski definition) is 3. The van der Waals surface area contributed by atoms with Crippen LogP contribution in [0.4, 0.5) is 5.69 Å². The normalized spacial score (nSPS) is 15.3. The quantitative estimate of drug-likeness (QED) is 0.683. The van der Waals surface area contributed by atoms with Gasteiger partial charge in [0, 0.05) is 7.14 Å².